The average Bonchev–Trinajstić information content (AvgIpc) is 3.05. The van der Waals surface area contributed by atoms with Gasteiger partial charge in [-0.15, -0.1) is 0 Å². The number of likely N-dealkylation sites (tertiary alicyclic amines) is 1. The molecule has 2 fully saturated rings. The largest absolute Gasteiger partial charge is 0.361 e. The predicted molar refractivity (Wildman–Crippen MR) is 69.7 cm³/mol. The topological polar surface area (TPSA) is 47.7 Å². The number of hydrogen-bond acceptors (Lipinski definition) is 5. The summed E-state index contributed by atoms with van der Waals surface area (Å²) in [5.41, 5.74) is 2.21. The SMILES string of the molecule is Cc1noc(C)c1CN1CCCCC1C1OCCO1. The summed E-state index contributed by atoms with van der Waals surface area (Å²) < 4.78 is 16.7. The van der Waals surface area contributed by atoms with Gasteiger partial charge < -0.3 is 14.0 Å². The number of aromatic nitrogens is 1. The maximum Gasteiger partial charge on any atom is 0.173 e. The molecule has 0 aromatic carbocycles. The number of rotatable bonds is 3. The number of piperidine rings is 1. The van der Waals surface area contributed by atoms with Crippen molar-refractivity contribution >= 4 is 0 Å². The number of hydrogen-bond donors (Lipinski definition) is 0. The highest BCUT2D eigenvalue weighted by atomic mass is 16.7. The number of nitrogens with zero attached hydrogens (tertiary/aromatic N) is 2. The van der Waals surface area contributed by atoms with Crippen molar-refractivity contribution in [2.75, 3.05) is 19.8 Å². The quantitative estimate of drug-likeness (QED) is 0.837. The Balaban J connectivity index is 1.73. The van der Waals surface area contributed by atoms with Crippen LogP contribution in [0.25, 0.3) is 0 Å². The Morgan fingerprint density at radius 2 is 2.00 bits per heavy atom. The highest BCUT2D eigenvalue weighted by Crippen LogP contribution is 2.27. The van der Waals surface area contributed by atoms with Crippen LogP contribution in [0.4, 0.5) is 0 Å². The molecule has 3 rings (SSSR count). The van der Waals surface area contributed by atoms with E-state index in [2.05, 4.69) is 10.1 Å². The minimum atomic E-state index is -0.0548. The van der Waals surface area contributed by atoms with Crippen LogP contribution in [0.15, 0.2) is 4.52 Å². The first-order valence-electron chi connectivity index (χ1n) is 7.14. The molecule has 1 aromatic heterocycles. The maximum absolute atomic E-state index is 5.70. The van der Waals surface area contributed by atoms with Crippen LogP contribution >= 0.6 is 0 Å². The zero-order valence-electron chi connectivity index (χ0n) is 11.7. The number of aryl methyl sites for hydroxylation is 2. The lowest BCUT2D eigenvalue weighted by molar-refractivity contribution is -0.111. The maximum atomic E-state index is 5.70. The van der Waals surface area contributed by atoms with Crippen molar-refractivity contribution in [2.45, 2.75) is 52.0 Å². The van der Waals surface area contributed by atoms with Crippen LogP contribution in [0, 0.1) is 13.8 Å². The van der Waals surface area contributed by atoms with Crippen molar-refractivity contribution < 1.29 is 14.0 Å². The van der Waals surface area contributed by atoms with E-state index >= 15 is 0 Å². The summed E-state index contributed by atoms with van der Waals surface area (Å²) in [5.74, 6) is 0.926. The van der Waals surface area contributed by atoms with Crippen molar-refractivity contribution in [3.63, 3.8) is 0 Å². The molecule has 0 N–H and O–H groups in total. The van der Waals surface area contributed by atoms with Gasteiger partial charge in [-0.25, -0.2) is 0 Å². The molecule has 0 spiro atoms. The molecule has 5 heteroatoms. The van der Waals surface area contributed by atoms with Gasteiger partial charge in [0.1, 0.15) is 5.76 Å². The van der Waals surface area contributed by atoms with Gasteiger partial charge in [-0.2, -0.15) is 0 Å². The molecule has 3 heterocycles. The van der Waals surface area contributed by atoms with E-state index < -0.39 is 0 Å². The summed E-state index contributed by atoms with van der Waals surface area (Å²) in [6.07, 6.45) is 3.59. The van der Waals surface area contributed by atoms with Crippen molar-refractivity contribution in [3.05, 3.63) is 17.0 Å². The third-order valence-corrected chi connectivity index (χ3v) is 4.17. The van der Waals surface area contributed by atoms with Gasteiger partial charge >= 0.3 is 0 Å². The lowest BCUT2D eigenvalue weighted by Crippen LogP contribution is -2.46. The summed E-state index contributed by atoms with van der Waals surface area (Å²) in [7, 11) is 0. The molecule has 0 amide bonds. The lowest BCUT2D eigenvalue weighted by Gasteiger charge is -2.37. The molecular weight excluding hydrogens is 244 g/mol. The minimum Gasteiger partial charge on any atom is -0.361 e. The minimum absolute atomic E-state index is 0.0548. The van der Waals surface area contributed by atoms with E-state index in [4.69, 9.17) is 14.0 Å². The Morgan fingerprint density at radius 3 is 2.68 bits per heavy atom. The Morgan fingerprint density at radius 1 is 1.21 bits per heavy atom. The fourth-order valence-electron chi connectivity index (χ4n) is 3.05. The summed E-state index contributed by atoms with van der Waals surface area (Å²) in [6, 6.07) is 0.366. The van der Waals surface area contributed by atoms with E-state index in [1.54, 1.807) is 0 Å². The van der Waals surface area contributed by atoms with Gasteiger partial charge in [0.15, 0.2) is 6.29 Å². The van der Waals surface area contributed by atoms with Gasteiger partial charge in [0.25, 0.3) is 0 Å². The first-order chi connectivity index (χ1) is 9.25. The Labute approximate surface area is 113 Å². The van der Waals surface area contributed by atoms with Crippen LogP contribution < -0.4 is 0 Å². The third-order valence-electron chi connectivity index (χ3n) is 4.17. The van der Waals surface area contributed by atoms with E-state index in [9.17, 15) is 0 Å². The molecule has 1 aromatic rings. The highest BCUT2D eigenvalue weighted by molar-refractivity contribution is 5.20. The van der Waals surface area contributed by atoms with Gasteiger partial charge in [-0.1, -0.05) is 11.6 Å². The van der Waals surface area contributed by atoms with Crippen molar-refractivity contribution in [1.29, 1.82) is 0 Å². The Hall–Kier alpha value is -0.910. The van der Waals surface area contributed by atoms with Gasteiger partial charge in [0.2, 0.25) is 0 Å². The Kier molecular flexibility index (Phi) is 3.86. The molecule has 2 aliphatic heterocycles. The van der Waals surface area contributed by atoms with Crippen molar-refractivity contribution in [3.8, 4) is 0 Å². The summed E-state index contributed by atoms with van der Waals surface area (Å²) in [4.78, 5) is 2.46. The average molecular weight is 266 g/mol. The monoisotopic (exact) mass is 266 g/mol. The molecule has 2 aliphatic rings. The predicted octanol–water partition coefficient (Wildman–Crippen LogP) is 2.02. The molecule has 106 valence electrons. The fraction of sp³-hybridized carbons (Fsp3) is 0.786. The van der Waals surface area contributed by atoms with Crippen LogP contribution in [0.1, 0.15) is 36.3 Å². The van der Waals surface area contributed by atoms with Crippen LogP contribution in [0.2, 0.25) is 0 Å². The van der Waals surface area contributed by atoms with E-state index in [1.165, 1.54) is 18.4 Å². The summed E-state index contributed by atoms with van der Waals surface area (Å²) in [6.45, 7) is 7.41. The molecule has 1 atom stereocenters. The molecule has 0 bridgehead atoms. The summed E-state index contributed by atoms with van der Waals surface area (Å²) in [5, 5.41) is 4.04. The van der Waals surface area contributed by atoms with Gasteiger partial charge in [0, 0.05) is 12.1 Å². The van der Waals surface area contributed by atoms with Crippen molar-refractivity contribution in [1.82, 2.24) is 10.1 Å². The summed E-state index contributed by atoms with van der Waals surface area (Å²) >= 11 is 0. The Bertz CT molecular complexity index is 407. The van der Waals surface area contributed by atoms with Crippen molar-refractivity contribution in [2.24, 2.45) is 0 Å². The van der Waals surface area contributed by atoms with E-state index in [-0.39, 0.29) is 6.29 Å². The fourth-order valence-corrected chi connectivity index (χ4v) is 3.05. The molecular formula is C14H22N2O3. The molecule has 2 saturated heterocycles. The van der Waals surface area contributed by atoms with E-state index in [1.807, 2.05) is 13.8 Å². The molecule has 19 heavy (non-hydrogen) atoms. The molecule has 0 radical (unpaired) electrons. The first kappa shape index (κ1) is 13.1. The second-order valence-electron chi connectivity index (χ2n) is 5.45. The highest BCUT2D eigenvalue weighted by Gasteiger charge is 2.34. The van der Waals surface area contributed by atoms with Gasteiger partial charge in [-0.05, 0) is 33.2 Å². The van der Waals surface area contributed by atoms with E-state index in [0.29, 0.717) is 6.04 Å². The van der Waals surface area contributed by atoms with Gasteiger partial charge in [0.05, 0.1) is 24.9 Å². The lowest BCUT2D eigenvalue weighted by atomic mass is 10.0. The van der Waals surface area contributed by atoms with Gasteiger partial charge in [-0.3, -0.25) is 4.90 Å². The van der Waals surface area contributed by atoms with Crippen LogP contribution in [0.3, 0.4) is 0 Å². The molecule has 0 aliphatic carbocycles. The molecule has 5 nitrogen and oxygen atoms in total. The third kappa shape index (κ3) is 2.68. The van der Waals surface area contributed by atoms with Crippen LogP contribution in [-0.4, -0.2) is 42.1 Å². The standard InChI is InChI=1S/C14H22N2O3/c1-10-12(11(2)19-15-10)9-16-6-4-3-5-13(16)14-17-7-8-18-14/h13-14H,3-9H2,1-2H3. The zero-order chi connectivity index (χ0) is 13.2. The zero-order valence-corrected chi connectivity index (χ0v) is 11.7. The van der Waals surface area contributed by atoms with Crippen LogP contribution in [-0.2, 0) is 16.0 Å². The number of ether oxygens (including phenoxy) is 2. The first-order valence-corrected chi connectivity index (χ1v) is 7.14. The normalized spacial score (nSPS) is 26.1. The molecule has 1 unspecified atom stereocenters. The van der Waals surface area contributed by atoms with E-state index in [0.717, 1.165) is 44.2 Å². The molecule has 0 saturated carbocycles. The smallest absolute Gasteiger partial charge is 0.173 e. The second kappa shape index (κ2) is 5.61. The van der Waals surface area contributed by atoms with Crippen LogP contribution in [0.5, 0.6) is 0 Å². The second-order valence-corrected chi connectivity index (χ2v) is 5.45.